The number of anilines is 2. The highest BCUT2D eigenvalue weighted by Gasteiger charge is 2.30. The molecule has 0 unspecified atom stereocenters. The molecule has 0 atom stereocenters. The van der Waals surface area contributed by atoms with Crippen LogP contribution in [0.2, 0.25) is 19.6 Å². The van der Waals surface area contributed by atoms with Crippen molar-refractivity contribution >= 4 is 30.5 Å². The van der Waals surface area contributed by atoms with Crippen molar-refractivity contribution in [3.05, 3.63) is 81.5 Å². The van der Waals surface area contributed by atoms with Crippen molar-refractivity contribution in [2.75, 3.05) is 19.0 Å². The summed E-state index contributed by atoms with van der Waals surface area (Å²) in [5.74, 6) is 0.171. The Labute approximate surface area is 200 Å². The number of carbonyl (C=O) groups excluding carboxylic acids is 1. The fraction of sp³-hybridized carbons (Fsp3) is 0.308. The molecule has 1 aliphatic heterocycles. The summed E-state index contributed by atoms with van der Waals surface area (Å²) in [5.41, 5.74) is 2.39. The molecule has 0 saturated carbocycles. The van der Waals surface area contributed by atoms with E-state index >= 15 is 0 Å². The van der Waals surface area contributed by atoms with Gasteiger partial charge in [-0.15, -0.1) is 0 Å². The fourth-order valence-corrected chi connectivity index (χ4v) is 5.35. The first-order valence-corrected chi connectivity index (χ1v) is 14.8. The molecule has 34 heavy (non-hydrogen) atoms. The Morgan fingerprint density at radius 2 is 1.74 bits per heavy atom. The van der Waals surface area contributed by atoms with Crippen molar-refractivity contribution in [3.8, 4) is 5.75 Å². The van der Waals surface area contributed by atoms with Gasteiger partial charge in [-0.3, -0.25) is 9.59 Å². The molecule has 1 aliphatic rings. The lowest BCUT2D eigenvalue weighted by Gasteiger charge is -2.31. The molecule has 1 N–H and O–H groups in total. The van der Waals surface area contributed by atoms with E-state index in [0.717, 1.165) is 16.5 Å². The Morgan fingerprint density at radius 1 is 1.03 bits per heavy atom. The Bertz CT molecular complexity index is 1300. The largest absolute Gasteiger partial charge is 0.497 e. The van der Waals surface area contributed by atoms with Gasteiger partial charge in [0.15, 0.2) is 0 Å². The molecule has 2 heterocycles. The van der Waals surface area contributed by atoms with Crippen molar-refractivity contribution < 1.29 is 13.9 Å². The average Bonchev–Trinajstić information content (AvgIpc) is 2.79. The van der Waals surface area contributed by atoms with E-state index in [1.54, 1.807) is 31.2 Å². The minimum Gasteiger partial charge on any atom is -0.497 e. The lowest BCUT2D eigenvalue weighted by molar-refractivity contribution is 0.0724. The van der Waals surface area contributed by atoms with Crippen LogP contribution in [0.3, 0.4) is 0 Å². The van der Waals surface area contributed by atoms with Crippen LogP contribution in [0.5, 0.6) is 5.75 Å². The lowest BCUT2D eigenvalue weighted by atomic mass is 10.0. The zero-order valence-electron chi connectivity index (χ0n) is 20.2. The van der Waals surface area contributed by atoms with E-state index in [-0.39, 0.29) is 17.2 Å². The summed E-state index contributed by atoms with van der Waals surface area (Å²) in [5, 5.41) is 4.04. The number of benzene rings is 2. The van der Waals surface area contributed by atoms with E-state index in [4.69, 9.17) is 4.74 Å². The molecule has 1 amide bonds. The summed E-state index contributed by atoms with van der Waals surface area (Å²) in [7, 11) is 1.61. The van der Waals surface area contributed by atoms with E-state index in [2.05, 4.69) is 25.0 Å². The molecular formula is C26H30FN3O3Si. The topological polar surface area (TPSA) is 63.6 Å². The van der Waals surface area contributed by atoms with Crippen LogP contribution in [0.25, 0.3) is 0 Å². The number of hydrogen-bond donors (Lipinski definition) is 1. The predicted molar refractivity (Wildman–Crippen MR) is 136 cm³/mol. The summed E-state index contributed by atoms with van der Waals surface area (Å²) in [6.45, 7) is 7.39. The minimum atomic E-state index is -1.67. The quantitative estimate of drug-likeness (QED) is 0.543. The van der Waals surface area contributed by atoms with Gasteiger partial charge in [0.05, 0.1) is 32.1 Å². The molecule has 1 aromatic heterocycles. The van der Waals surface area contributed by atoms with Gasteiger partial charge in [-0.05, 0) is 29.8 Å². The van der Waals surface area contributed by atoms with Crippen LogP contribution in [0.4, 0.5) is 15.8 Å². The van der Waals surface area contributed by atoms with Gasteiger partial charge in [0, 0.05) is 38.3 Å². The molecule has 0 radical (unpaired) electrons. The second-order valence-corrected chi connectivity index (χ2v) is 14.7. The number of nitrogens with zero attached hydrogens (tertiary/aromatic N) is 2. The fourth-order valence-electron chi connectivity index (χ4n) is 4.21. The van der Waals surface area contributed by atoms with Crippen LogP contribution in [-0.2, 0) is 20.0 Å². The number of methoxy groups -OCH3 is 1. The third-order valence-corrected chi connectivity index (χ3v) is 8.36. The number of rotatable bonds is 6. The predicted octanol–water partition coefficient (Wildman–Crippen LogP) is 4.02. The number of nitrogens with one attached hydrogen (secondary N) is 1. The van der Waals surface area contributed by atoms with Crippen LogP contribution in [-0.4, -0.2) is 37.1 Å². The number of amides is 1. The standard InChI is InChI=1S/C26H30FN3O3Si/c1-29-23-12-13-30(16-17-6-8-18(33-2)9-7-17)26(32)25(23)22(15-24(29)31)28-21-11-10-19(14-20(21)27)34(3,4)5/h6-11,14-15,28H,12-13,16H2,1-5H3. The SMILES string of the molecule is COc1ccc(CN2CCc3c(c(Nc4ccc([Si](C)(C)C)cc4F)cc(=O)n3C)C2=O)cc1. The number of ether oxygens (including phenoxy) is 1. The summed E-state index contributed by atoms with van der Waals surface area (Å²) < 4.78 is 21.7. The van der Waals surface area contributed by atoms with Crippen LogP contribution >= 0.6 is 0 Å². The van der Waals surface area contributed by atoms with E-state index < -0.39 is 13.9 Å². The summed E-state index contributed by atoms with van der Waals surface area (Å²) in [4.78, 5) is 27.9. The third-order valence-electron chi connectivity index (χ3n) is 6.32. The molecule has 0 spiro atoms. The van der Waals surface area contributed by atoms with Gasteiger partial charge in [-0.1, -0.05) is 43.0 Å². The van der Waals surface area contributed by atoms with E-state index in [1.807, 2.05) is 30.3 Å². The second-order valence-electron chi connectivity index (χ2n) is 9.67. The molecule has 2 aromatic carbocycles. The maximum atomic E-state index is 15.0. The Hall–Kier alpha value is -3.39. The molecule has 4 rings (SSSR count). The van der Waals surface area contributed by atoms with Gasteiger partial charge in [-0.25, -0.2) is 4.39 Å². The Kier molecular flexibility index (Phi) is 6.36. The Morgan fingerprint density at radius 3 is 2.35 bits per heavy atom. The van der Waals surface area contributed by atoms with Crippen molar-refractivity contribution in [1.82, 2.24) is 9.47 Å². The van der Waals surface area contributed by atoms with Crippen molar-refractivity contribution in [2.24, 2.45) is 7.05 Å². The van der Waals surface area contributed by atoms with E-state index in [1.165, 1.54) is 10.6 Å². The average molecular weight is 480 g/mol. The van der Waals surface area contributed by atoms with Gasteiger partial charge < -0.3 is 19.5 Å². The van der Waals surface area contributed by atoms with Crippen LogP contribution in [0, 0.1) is 5.82 Å². The zero-order chi connectivity index (χ0) is 24.6. The van der Waals surface area contributed by atoms with Crippen molar-refractivity contribution in [1.29, 1.82) is 0 Å². The summed E-state index contributed by atoms with van der Waals surface area (Å²) in [6.07, 6.45) is 0.537. The summed E-state index contributed by atoms with van der Waals surface area (Å²) in [6, 6.07) is 14.1. The number of pyridine rings is 1. The van der Waals surface area contributed by atoms with Gasteiger partial charge in [0.25, 0.3) is 11.5 Å². The number of aromatic nitrogens is 1. The maximum absolute atomic E-state index is 15.0. The van der Waals surface area contributed by atoms with Crippen LogP contribution in [0.15, 0.2) is 53.3 Å². The van der Waals surface area contributed by atoms with E-state index in [0.29, 0.717) is 36.5 Å². The molecule has 0 fully saturated rings. The zero-order valence-corrected chi connectivity index (χ0v) is 21.2. The molecule has 8 heteroatoms. The molecule has 0 aliphatic carbocycles. The molecule has 0 saturated heterocycles. The summed E-state index contributed by atoms with van der Waals surface area (Å²) >= 11 is 0. The molecule has 178 valence electrons. The monoisotopic (exact) mass is 479 g/mol. The van der Waals surface area contributed by atoms with Crippen molar-refractivity contribution in [3.63, 3.8) is 0 Å². The minimum absolute atomic E-state index is 0.186. The first kappa shape index (κ1) is 23.8. The maximum Gasteiger partial charge on any atom is 0.258 e. The van der Waals surface area contributed by atoms with Gasteiger partial charge in [0.2, 0.25) is 0 Å². The molecular weight excluding hydrogens is 449 g/mol. The third kappa shape index (κ3) is 4.63. The number of fused-ring (bicyclic) bond motifs is 1. The van der Waals surface area contributed by atoms with Crippen LogP contribution in [0.1, 0.15) is 21.6 Å². The van der Waals surface area contributed by atoms with Gasteiger partial charge >= 0.3 is 0 Å². The highest BCUT2D eigenvalue weighted by molar-refractivity contribution is 6.88. The molecule has 3 aromatic rings. The smallest absolute Gasteiger partial charge is 0.258 e. The molecule has 6 nitrogen and oxygen atoms in total. The highest BCUT2D eigenvalue weighted by Crippen LogP contribution is 2.29. The number of halogens is 1. The van der Waals surface area contributed by atoms with Gasteiger partial charge in [0.1, 0.15) is 11.6 Å². The Balaban J connectivity index is 1.68. The second kappa shape index (κ2) is 9.10. The van der Waals surface area contributed by atoms with Gasteiger partial charge in [-0.2, -0.15) is 0 Å². The first-order chi connectivity index (χ1) is 16.1. The molecule has 0 bridgehead atoms. The highest BCUT2D eigenvalue weighted by atomic mass is 28.3. The number of hydrogen-bond acceptors (Lipinski definition) is 4. The normalized spacial score (nSPS) is 13.6. The van der Waals surface area contributed by atoms with Crippen molar-refractivity contribution in [2.45, 2.75) is 32.6 Å². The number of carbonyl (C=O) groups is 1. The lowest BCUT2D eigenvalue weighted by Crippen LogP contribution is -2.40. The van der Waals surface area contributed by atoms with Crippen LogP contribution < -0.4 is 20.8 Å². The first-order valence-electron chi connectivity index (χ1n) is 11.3. The van der Waals surface area contributed by atoms with E-state index in [9.17, 15) is 14.0 Å².